The van der Waals surface area contributed by atoms with E-state index in [4.69, 9.17) is 4.74 Å². The number of thioether (sulfide) groups is 1. The van der Waals surface area contributed by atoms with Crippen molar-refractivity contribution in [3.63, 3.8) is 0 Å². The average Bonchev–Trinajstić information content (AvgIpc) is 3.44. The number of aromatic nitrogens is 1. The van der Waals surface area contributed by atoms with Gasteiger partial charge in [-0.15, -0.1) is 11.8 Å². The van der Waals surface area contributed by atoms with Crippen LogP contribution in [0.15, 0.2) is 53.7 Å². The van der Waals surface area contributed by atoms with Crippen molar-refractivity contribution in [3.8, 4) is 5.75 Å². The fraction of sp³-hybridized carbons (Fsp3) is 0.263. The fourth-order valence-electron chi connectivity index (χ4n) is 2.28. The van der Waals surface area contributed by atoms with Gasteiger partial charge in [0.25, 0.3) is 0 Å². The lowest BCUT2D eigenvalue weighted by Crippen LogP contribution is -1.94. The van der Waals surface area contributed by atoms with Crippen LogP contribution in [0, 0.1) is 5.92 Å². The van der Waals surface area contributed by atoms with Gasteiger partial charge in [-0.2, -0.15) is 0 Å². The minimum atomic E-state index is 0.241. The Morgan fingerprint density at radius 2 is 2.22 bits per heavy atom. The molecule has 4 heteroatoms. The molecule has 0 N–H and O–H groups in total. The van der Waals surface area contributed by atoms with E-state index in [9.17, 15) is 4.79 Å². The van der Waals surface area contributed by atoms with Crippen molar-refractivity contribution >= 4 is 23.6 Å². The first kappa shape index (κ1) is 15.8. The fourth-order valence-corrected chi connectivity index (χ4v) is 3.12. The topological polar surface area (TPSA) is 39.2 Å². The van der Waals surface area contributed by atoms with Gasteiger partial charge in [0.05, 0.1) is 12.1 Å². The summed E-state index contributed by atoms with van der Waals surface area (Å²) in [7, 11) is 1.68. The molecule has 3 rings (SSSR count). The minimum absolute atomic E-state index is 0.241. The normalized spacial score (nSPS) is 14.1. The number of hydrogen-bond acceptors (Lipinski definition) is 4. The van der Waals surface area contributed by atoms with Crippen molar-refractivity contribution in [2.24, 2.45) is 5.92 Å². The minimum Gasteiger partial charge on any atom is -0.496 e. The molecular weight excluding hydrogens is 306 g/mol. The number of allylic oxidation sites excluding steroid dienone is 1. The molecule has 0 aliphatic heterocycles. The lowest BCUT2D eigenvalue weighted by Gasteiger charge is -2.09. The van der Waals surface area contributed by atoms with E-state index in [1.54, 1.807) is 31.1 Å². The van der Waals surface area contributed by atoms with E-state index in [-0.39, 0.29) is 11.7 Å². The molecule has 1 aromatic carbocycles. The lowest BCUT2D eigenvalue weighted by molar-refractivity contribution is -0.115. The summed E-state index contributed by atoms with van der Waals surface area (Å²) >= 11 is 1.67. The van der Waals surface area contributed by atoms with Crippen molar-refractivity contribution < 1.29 is 9.53 Å². The van der Waals surface area contributed by atoms with E-state index in [2.05, 4.69) is 11.1 Å². The van der Waals surface area contributed by atoms with Gasteiger partial charge in [-0.25, -0.2) is 4.98 Å². The Balaban J connectivity index is 1.71. The molecule has 1 saturated carbocycles. The zero-order valence-corrected chi connectivity index (χ0v) is 13.9. The lowest BCUT2D eigenvalue weighted by atomic mass is 10.1. The molecule has 0 atom stereocenters. The van der Waals surface area contributed by atoms with Gasteiger partial charge in [0, 0.05) is 23.4 Å². The second kappa shape index (κ2) is 7.47. The summed E-state index contributed by atoms with van der Waals surface area (Å²) in [6.45, 7) is 0. The number of hydrogen-bond donors (Lipinski definition) is 0. The zero-order valence-electron chi connectivity index (χ0n) is 13.1. The highest BCUT2D eigenvalue weighted by molar-refractivity contribution is 7.98. The van der Waals surface area contributed by atoms with Crippen LogP contribution >= 0.6 is 11.8 Å². The molecule has 1 aliphatic carbocycles. The summed E-state index contributed by atoms with van der Waals surface area (Å²) in [6.07, 6.45) is 7.47. The predicted molar refractivity (Wildman–Crippen MR) is 93.6 cm³/mol. The second-order valence-corrected chi connectivity index (χ2v) is 6.53. The van der Waals surface area contributed by atoms with Crippen LogP contribution in [-0.2, 0) is 10.5 Å². The average molecular weight is 325 g/mol. The predicted octanol–water partition coefficient (Wildman–Crippen LogP) is 4.37. The van der Waals surface area contributed by atoms with Gasteiger partial charge in [0.2, 0.25) is 0 Å². The molecule has 2 aromatic rings. The van der Waals surface area contributed by atoms with Gasteiger partial charge in [-0.05, 0) is 48.7 Å². The monoisotopic (exact) mass is 325 g/mol. The smallest absolute Gasteiger partial charge is 0.158 e. The maximum atomic E-state index is 11.8. The molecule has 0 unspecified atom stereocenters. The van der Waals surface area contributed by atoms with Crippen LogP contribution in [0.25, 0.3) is 6.08 Å². The number of pyridine rings is 1. The van der Waals surface area contributed by atoms with E-state index >= 15 is 0 Å². The number of nitrogens with zero attached hydrogens (tertiary/aromatic N) is 1. The number of benzene rings is 1. The Bertz CT molecular complexity index is 709. The molecular formula is C19H19NO2S. The molecule has 118 valence electrons. The van der Waals surface area contributed by atoms with E-state index in [0.29, 0.717) is 0 Å². The Hall–Kier alpha value is -2.07. The summed E-state index contributed by atoms with van der Waals surface area (Å²) in [5.74, 6) is 2.14. The van der Waals surface area contributed by atoms with E-state index in [0.717, 1.165) is 40.5 Å². The molecule has 0 amide bonds. The number of rotatable bonds is 7. The second-order valence-electron chi connectivity index (χ2n) is 5.54. The highest BCUT2D eigenvalue weighted by Gasteiger charge is 2.27. The third-order valence-corrected chi connectivity index (χ3v) is 4.73. The Labute approximate surface area is 140 Å². The Kier molecular flexibility index (Phi) is 5.13. The third-order valence-electron chi connectivity index (χ3n) is 3.74. The van der Waals surface area contributed by atoms with Crippen molar-refractivity contribution in [1.29, 1.82) is 0 Å². The number of methoxy groups -OCH3 is 1. The van der Waals surface area contributed by atoms with Crippen LogP contribution in [0.2, 0.25) is 0 Å². The molecule has 1 aromatic heterocycles. The molecule has 0 saturated heterocycles. The molecule has 0 radical (unpaired) electrons. The van der Waals surface area contributed by atoms with Crippen LogP contribution in [-0.4, -0.2) is 17.9 Å². The van der Waals surface area contributed by atoms with Crippen molar-refractivity contribution in [2.75, 3.05) is 7.11 Å². The van der Waals surface area contributed by atoms with Gasteiger partial charge in [-0.3, -0.25) is 4.79 Å². The highest BCUT2D eigenvalue weighted by atomic mass is 32.2. The summed E-state index contributed by atoms with van der Waals surface area (Å²) in [6, 6.07) is 11.9. The highest BCUT2D eigenvalue weighted by Crippen LogP contribution is 2.31. The molecule has 0 spiro atoms. The number of ether oxygens (including phenoxy) is 1. The standard InChI is InChI=1S/C19H19NO2S/c1-22-18-10-6-14(5-9-17(21)15-7-8-15)12-16(18)13-23-19-4-2-3-11-20-19/h2-6,9-12,15H,7-8,13H2,1H3/b9-5+. The summed E-state index contributed by atoms with van der Waals surface area (Å²) in [5.41, 5.74) is 2.13. The van der Waals surface area contributed by atoms with Crippen molar-refractivity contribution in [3.05, 3.63) is 59.8 Å². The van der Waals surface area contributed by atoms with E-state index < -0.39 is 0 Å². The largest absolute Gasteiger partial charge is 0.496 e. The van der Waals surface area contributed by atoms with E-state index in [1.807, 2.05) is 36.4 Å². The van der Waals surface area contributed by atoms with Crippen LogP contribution in [0.3, 0.4) is 0 Å². The first-order valence-corrected chi connectivity index (χ1v) is 8.67. The summed E-state index contributed by atoms with van der Waals surface area (Å²) < 4.78 is 5.44. The SMILES string of the molecule is COc1ccc(/C=C/C(=O)C2CC2)cc1CSc1ccccn1. The maximum absolute atomic E-state index is 11.8. The van der Waals surface area contributed by atoms with Gasteiger partial charge in [0.15, 0.2) is 5.78 Å². The number of ketones is 1. The maximum Gasteiger partial charge on any atom is 0.158 e. The van der Waals surface area contributed by atoms with E-state index in [1.165, 1.54) is 0 Å². The van der Waals surface area contributed by atoms with Crippen molar-refractivity contribution in [2.45, 2.75) is 23.6 Å². The van der Waals surface area contributed by atoms with Gasteiger partial charge in [0.1, 0.15) is 5.75 Å². The van der Waals surface area contributed by atoms with Gasteiger partial charge < -0.3 is 4.74 Å². The summed E-state index contributed by atoms with van der Waals surface area (Å²) in [5, 5.41) is 0.986. The van der Waals surface area contributed by atoms with Crippen LogP contribution in [0.1, 0.15) is 24.0 Å². The third kappa shape index (κ3) is 4.45. The quantitative estimate of drug-likeness (QED) is 0.559. The molecule has 3 nitrogen and oxygen atoms in total. The summed E-state index contributed by atoms with van der Waals surface area (Å²) in [4.78, 5) is 16.1. The first-order valence-electron chi connectivity index (χ1n) is 7.69. The molecule has 1 fully saturated rings. The molecule has 1 heterocycles. The molecule has 0 bridgehead atoms. The van der Waals surface area contributed by atoms with Crippen LogP contribution in [0.4, 0.5) is 0 Å². The zero-order chi connectivity index (χ0) is 16.1. The first-order chi connectivity index (χ1) is 11.3. The number of carbonyl (C=O) groups is 1. The molecule has 1 aliphatic rings. The Morgan fingerprint density at radius 3 is 2.91 bits per heavy atom. The van der Waals surface area contributed by atoms with Crippen LogP contribution < -0.4 is 4.74 Å². The molecule has 23 heavy (non-hydrogen) atoms. The number of carbonyl (C=O) groups excluding carboxylic acids is 1. The Morgan fingerprint density at radius 1 is 1.35 bits per heavy atom. The van der Waals surface area contributed by atoms with Crippen molar-refractivity contribution in [1.82, 2.24) is 4.98 Å². The van der Waals surface area contributed by atoms with Gasteiger partial charge >= 0.3 is 0 Å². The van der Waals surface area contributed by atoms with Crippen LogP contribution in [0.5, 0.6) is 5.75 Å². The van der Waals surface area contributed by atoms with Gasteiger partial charge in [-0.1, -0.05) is 18.2 Å².